The minimum Gasteiger partial charge on any atom is -0.493 e. The lowest BCUT2D eigenvalue weighted by atomic mass is 9.88. The molecule has 0 saturated carbocycles. The van der Waals surface area contributed by atoms with E-state index in [1.807, 2.05) is 0 Å². The third-order valence-corrected chi connectivity index (χ3v) is 5.07. The quantitative estimate of drug-likeness (QED) is 0.789. The number of nitrogens with one attached hydrogen (secondary N) is 2. The minimum atomic E-state index is 0.0679. The molecule has 25 heavy (non-hydrogen) atoms. The first-order chi connectivity index (χ1) is 11.9. The molecule has 1 aliphatic heterocycles. The van der Waals surface area contributed by atoms with Crippen LogP contribution in [0, 0.1) is 5.92 Å². The molecule has 0 bridgehead atoms. The Morgan fingerprint density at radius 2 is 1.88 bits per heavy atom. The van der Waals surface area contributed by atoms with Crippen LogP contribution < -0.4 is 19.7 Å². The highest BCUT2D eigenvalue weighted by Crippen LogP contribution is 2.35. The second-order valence-corrected chi connectivity index (χ2v) is 7.35. The van der Waals surface area contributed by atoms with Crippen LogP contribution >= 0.6 is 0 Å². The fourth-order valence-electron chi connectivity index (χ4n) is 3.90. The van der Waals surface area contributed by atoms with Crippen molar-refractivity contribution in [1.29, 1.82) is 0 Å². The second-order valence-electron chi connectivity index (χ2n) is 7.35. The van der Waals surface area contributed by atoms with Gasteiger partial charge in [0, 0.05) is 18.4 Å². The molecule has 5 heteroatoms. The SMILES string of the molecule is CC[NH+]1CCc2cc(OC)c(OC)cc2[C@@H]1[C@@H](C)NC(=O)CC(C)C. The van der Waals surface area contributed by atoms with Crippen LogP contribution in [-0.2, 0) is 11.2 Å². The lowest BCUT2D eigenvalue weighted by molar-refractivity contribution is -0.933. The summed E-state index contributed by atoms with van der Waals surface area (Å²) in [6.07, 6.45) is 1.58. The van der Waals surface area contributed by atoms with Gasteiger partial charge in [-0.15, -0.1) is 0 Å². The van der Waals surface area contributed by atoms with E-state index < -0.39 is 0 Å². The summed E-state index contributed by atoms with van der Waals surface area (Å²) >= 11 is 0. The summed E-state index contributed by atoms with van der Waals surface area (Å²) in [5.41, 5.74) is 2.56. The van der Waals surface area contributed by atoms with Crippen molar-refractivity contribution in [3.05, 3.63) is 23.3 Å². The number of methoxy groups -OCH3 is 2. The van der Waals surface area contributed by atoms with E-state index in [9.17, 15) is 4.79 Å². The fourth-order valence-corrected chi connectivity index (χ4v) is 3.90. The standard InChI is InChI=1S/C20H32N2O3/c1-7-22-9-8-15-11-17(24-5)18(25-6)12-16(15)20(22)14(4)21-19(23)10-13(2)3/h11-14,20H,7-10H2,1-6H3,(H,21,23)/p+1/t14-,20+/m1/s1. The second kappa shape index (κ2) is 8.56. The molecular formula is C20H33N2O3+. The predicted molar refractivity (Wildman–Crippen MR) is 99.4 cm³/mol. The molecule has 2 rings (SSSR count). The summed E-state index contributed by atoms with van der Waals surface area (Å²) in [6, 6.07) is 4.48. The molecule has 1 unspecified atom stereocenters. The highest BCUT2D eigenvalue weighted by Gasteiger charge is 2.36. The van der Waals surface area contributed by atoms with Gasteiger partial charge >= 0.3 is 0 Å². The van der Waals surface area contributed by atoms with Crippen molar-refractivity contribution < 1.29 is 19.2 Å². The Kier molecular flexibility index (Phi) is 6.71. The van der Waals surface area contributed by atoms with Crippen molar-refractivity contribution in [3.8, 4) is 11.5 Å². The molecule has 0 fully saturated rings. The van der Waals surface area contributed by atoms with Gasteiger partial charge in [0.15, 0.2) is 11.5 Å². The first-order valence-electron chi connectivity index (χ1n) is 9.29. The van der Waals surface area contributed by atoms with E-state index in [1.165, 1.54) is 16.0 Å². The van der Waals surface area contributed by atoms with E-state index in [0.717, 1.165) is 31.0 Å². The van der Waals surface area contributed by atoms with Gasteiger partial charge in [0.25, 0.3) is 0 Å². The van der Waals surface area contributed by atoms with Gasteiger partial charge in [0.2, 0.25) is 5.91 Å². The van der Waals surface area contributed by atoms with Crippen molar-refractivity contribution in [2.75, 3.05) is 27.3 Å². The molecule has 0 aromatic heterocycles. The Hall–Kier alpha value is -1.75. The van der Waals surface area contributed by atoms with Crippen LogP contribution in [0.1, 0.15) is 51.3 Å². The average Bonchev–Trinajstić information content (AvgIpc) is 2.58. The molecule has 0 radical (unpaired) electrons. The molecule has 0 spiro atoms. The summed E-state index contributed by atoms with van der Waals surface area (Å²) < 4.78 is 11.0. The monoisotopic (exact) mass is 349 g/mol. The molecular weight excluding hydrogens is 316 g/mol. The van der Waals surface area contributed by atoms with Crippen molar-refractivity contribution in [3.63, 3.8) is 0 Å². The molecule has 0 saturated heterocycles. The van der Waals surface area contributed by atoms with Gasteiger partial charge in [-0.05, 0) is 37.5 Å². The molecule has 1 heterocycles. The van der Waals surface area contributed by atoms with E-state index in [4.69, 9.17) is 9.47 Å². The maximum atomic E-state index is 12.3. The van der Waals surface area contributed by atoms with Crippen LogP contribution in [0.15, 0.2) is 12.1 Å². The number of fused-ring (bicyclic) bond motifs is 1. The number of hydrogen-bond acceptors (Lipinski definition) is 3. The number of quaternary nitrogens is 1. The molecule has 1 amide bonds. The van der Waals surface area contributed by atoms with E-state index in [0.29, 0.717) is 12.3 Å². The van der Waals surface area contributed by atoms with E-state index in [1.54, 1.807) is 14.2 Å². The Balaban J connectivity index is 2.33. The van der Waals surface area contributed by atoms with Crippen molar-refractivity contribution >= 4 is 5.91 Å². The molecule has 1 aromatic rings. The lowest BCUT2D eigenvalue weighted by Crippen LogP contribution is -3.14. The molecule has 0 aliphatic carbocycles. The van der Waals surface area contributed by atoms with Gasteiger partial charge in [-0.3, -0.25) is 4.79 Å². The molecule has 140 valence electrons. The molecule has 1 aromatic carbocycles. The number of likely N-dealkylation sites (N-methyl/N-ethyl adjacent to an activating group) is 1. The first-order valence-corrected chi connectivity index (χ1v) is 9.29. The van der Waals surface area contributed by atoms with Gasteiger partial charge in [0.05, 0.1) is 33.4 Å². The molecule has 5 nitrogen and oxygen atoms in total. The summed E-state index contributed by atoms with van der Waals surface area (Å²) in [7, 11) is 3.34. The zero-order chi connectivity index (χ0) is 18.6. The third-order valence-electron chi connectivity index (χ3n) is 5.07. The van der Waals surface area contributed by atoms with Crippen molar-refractivity contribution in [2.24, 2.45) is 5.92 Å². The summed E-state index contributed by atoms with van der Waals surface area (Å²) in [4.78, 5) is 13.8. The van der Waals surface area contributed by atoms with Crippen LogP contribution in [0.3, 0.4) is 0 Å². The van der Waals surface area contributed by atoms with E-state index in [-0.39, 0.29) is 18.0 Å². The summed E-state index contributed by atoms with van der Waals surface area (Å²) in [5, 5.41) is 3.22. The van der Waals surface area contributed by atoms with Crippen LogP contribution in [0.5, 0.6) is 11.5 Å². The predicted octanol–water partition coefficient (Wildman–Crippen LogP) is 1.76. The lowest BCUT2D eigenvalue weighted by Gasteiger charge is -2.37. The van der Waals surface area contributed by atoms with E-state index in [2.05, 4.69) is 45.1 Å². The van der Waals surface area contributed by atoms with Gasteiger partial charge in [-0.25, -0.2) is 0 Å². The van der Waals surface area contributed by atoms with Crippen LogP contribution in [0.25, 0.3) is 0 Å². The fraction of sp³-hybridized carbons (Fsp3) is 0.650. The third kappa shape index (κ3) is 4.46. The van der Waals surface area contributed by atoms with E-state index >= 15 is 0 Å². The number of carbonyl (C=O) groups excluding carboxylic acids is 1. The number of hydrogen-bond donors (Lipinski definition) is 2. The van der Waals surface area contributed by atoms with Gasteiger partial charge in [0.1, 0.15) is 6.04 Å². The number of amides is 1. The van der Waals surface area contributed by atoms with Crippen molar-refractivity contribution in [1.82, 2.24) is 5.32 Å². The number of carbonyl (C=O) groups is 1. The minimum absolute atomic E-state index is 0.0679. The van der Waals surface area contributed by atoms with Crippen molar-refractivity contribution in [2.45, 2.75) is 52.6 Å². The summed E-state index contributed by atoms with van der Waals surface area (Å²) in [5.74, 6) is 2.02. The highest BCUT2D eigenvalue weighted by molar-refractivity contribution is 5.76. The maximum absolute atomic E-state index is 12.3. The number of benzene rings is 1. The smallest absolute Gasteiger partial charge is 0.220 e. The normalized spacial score (nSPS) is 20.8. The Bertz CT molecular complexity index is 601. The number of rotatable bonds is 7. The van der Waals surface area contributed by atoms with Crippen LogP contribution in [-0.4, -0.2) is 39.3 Å². The maximum Gasteiger partial charge on any atom is 0.220 e. The van der Waals surface area contributed by atoms with Crippen LogP contribution in [0.4, 0.5) is 0 Å². The Labute approximate surface area is 151 Å². The van der Waals surface area contributed by atoms with Crippen LogP contribution in [0.2, 0.25) is 0 Å². The first kappa shape index (κ1) is 19.6. The Morgan fingerprint density at radius 1 is 1.24 bits per heavy atom. The van der Waals surface area contributed by atoms with Gasteiger partial charge < -0.3 is 19.7 Å². The molecule has 2 N–H and O–H groups in total. The summed E-state index contributed by atoms with van der Waals surface area (Å²) in [6.45, 7) is 10.6. The van der Waals surface area contributed by atoms with Gasteiger partial charge in [-0.1, -0.05) is 13.8 Å². The largest absolute Gasteiger partial charge is 0.493 e. The number of ether oxygens (including phenoxy) is 2. The zero-order valence-electron chi connectivity index (χ0n) is 16.4. The van der Waals surface area contributed by atoms with Gasteiger partial charge in [-0.2, -0.15) is 0 Å². The Morgan fingerprint density at radius 3 is 2.44 bits per heavy atom. The topological polar surface area (TPSA) is 52.0 Å². The average molecular weight is 349 g/mol. The molecule has 1 aliphatic rings. The highest BCUT2D eigenvalue weighted by atomic mass is 16.5. The zero-order valence-corrected chi connectivity index (χ0v) is 16.4. The molecule has 3 atom stereocenters.